The van der Waals surface area contributed by atoms with Gasteiger partial charge in [-0.1, -0.05) is 27.7 Å². The van der Waals surface area contributed by atoms with Crippen LogP contribution >= 0.6 is 0 Å². The summed E-state index contributed by atoms with van der Waals surface area (Å²) in [4.78, 5) is 17.1. The average Bonchev–Trinajstić information content (AvgIpc) is 2.78. The lowest BCUT2D eigenvalue weighted by molar-refractivity contribution is -0.132. The van der Waals surface area contributed by atoms with Gasteiger partial charge in [0.05, 0.1) is 5.69 Å². The molecule has 0 bridgehead atoms. The highest BCUT2D eigenvalue weighted by Gasteiger charge is 2.22. The van der Waals surface area contributed by atoms with E-state index in [1.165, 1.54) is 11.3 Å². The Morgan fingerprint density at radius 3 is 2.16 bits per heavy atom. The number of amides is 1. The summed E-state index contributed by atoms with van der Waals surface area (Å²) >= 11 is 0. The van der Waals surface area contributed by atoms with Gasteiger partial charge in [-0.15, -0.1) is 0 Å². The predicted molar refractivity (Wildman–Crippen MR) is 103 cm³/mol. The Morgan fingerprint density at radius 2 is 1.60 bits per heavy atom. The first-order valence-electron chi connectivity index (χ1n) is 9.81. The van der Waals surface area contributed by atoms with Gasteiger partial charge in [0.2, 0.25) is 5.91 Å². The predicted octanol–water partition coefficient (Wildman–Crippen LogP) is 2.89. The number of hydrogen-bond donors (Lipinski definition) is 0. The van der Waals surface area contributed by atoms with Crippen LogP contribution in [0.5, 0.6) is 0 Å². The second-order valence-electron chi connectivity index (χ2n) is 8.30. The maximum atomic E-state index is 12.6. The fraction of sp³-hybridized carbons (Fsp3) is 0.800. The maximum absolute atomic E-state index is 12.6. The molecule has 0 spiro atoms. The molecule has 5 heteroatoms. The molecule has 1 aliphatic heterocycles. The lowest BCUT2D eigenvalue weighted by Gasteiger charge is -2.35. The van der Waals surface area contributed by atoms with Crippen molar-refractivity contribution in [2.75, 3.05) is 32.7 Å². The summed E-state index contributed by atoms with van der Waals surface area (Å²) in [5.41, 5.74) is 3.56. The SMILES string of the molecule is Cc1nn(CC(C)C)c(C)c1CCC(=O)N1CCN(CC(C)C)CC1. The Hall–Kier alpha value is -1.36. The highest BCUT2D eigenvalue weighted by atomic mass is 16.2. The van der Waals surface area contributed by atoms with Crippen LogP contribution in [0, 0.1) is 25.7 Å². The minimum absolute atomic E-state index is 0.291. The molecule has 142 valence electrons. The van der Waals surface area contributed by atoms with Gasteiger partial charge in [0, 0.05) is 51.4 Å². The van der Waals surface area contributed by atoms with Crippen LogP contribution in [0.15, 0.2) is 0 Å². The van der Waals surface area contributed by atoms with Crippen molar-refractivity contribution in [1.82, 2.24) is 19.6 Å². The topological polar surface area (TPSA) is 41.4 Å². The maximum Gasteiger partial charge on any atom is 0.222 e. The second kappa shape index (κ2) is 8.84. The Bertz CT molecular complexity index is 568. The van der Waals surface area contributed by atoms with Crippen LogP contribution in [0.4, 0.5) is 0 Å². The van der Waals surface area contributed by atoms with Crippen molar-refractivity contribution < 1.29 is 4.79 Å². The standard InChI is InChI=1S/C20H36N4O/c1-15(2)13-22-9-11-23(12-10-22)20(25)8-7-19-17(5)21-24(18(19)6)14-16(3)4/h15-16H,7-14H2,1-6H3. The van der Waals surface area contributed by atoms with Crippen molar-refractivity contribution in [1.29, 1.82) is 0 Å². The molecule has 1 saturated heterocycles. The van der Waals surface area contributed by atoms with E-state index in [0.29, 0.717) is 24.2 Å². The van der Waals surface area contributed by atoms with E-state index < -0.39 is 0 Å². The van der Waals surface area contributed by atoms with E-state index in [1.807, 2.05) is 4.90 Å². The summed E-state index contributed by atoms with van der Waals surface area (Å²) in [6, 6.07) is 0. The van der Waals surface area contributed by atoms with E-state index in [1.54, 1.807) is 0 Å². The molecule has 1 aromatic heterocycles. The molecule has 0 aromatic carbocycles. The summed E-state index contributed by atoms with van der Waals surface area (Å²) in [6.07, 6.45) is 1.40. The molecule has 0 N–H and O–H groups in total. The molecule has 0 saturated carbocycles. The molecular weight excluding hydrogens is 312 g/mol. The van der Waals surface area contributed by atoms with Crippen molar-refractivity contribution in [2.45, 2.75) is 60.9 Å². The van der Waals surface area contributed by atoms with Gasteiger partial charge in [-0.3, -0.25) is 14.4 Å². The molecule has 0 radical (unpaired) electrons. The van der Waals surface area contributed by atoms with E-state index in [9.17, 15) is 4.79 Å². The summed E-state index contributed by atoms with van der Waals surface area (Å²) in [6.45, 7) is 18.9. The van der Waals surface area contributed by atoms with Crippen molar-refractivity contribution >= 4 is 5.91 Å². The van der Waals surface area contributed by atoms with Gasteiger partial charge in [0.15, 0.2) is 0 Å². The van der Waals surface area contributed by atoms with Crippen LogP contribution in [-0.4, -0.2) is 58.2 Å². The number of hydrogen-bond acceptors (Lipinski definition) is 3. The summed E-state index contributed by atoms with van der Waals surface area (Å²) in [5.74, 6) is 1.56. The summed E-state index contributed by atoms with van der Waals surface area (Å²) in [5, 5.41) is 4.66. The fourth-order valence-electron chi connectivity index (χ4n) is 3.71. The van der Waals surface area contributed by atoms with Gasteiger partial charge < -0.3 is 4.90 Å². The molecule has 0 atom stereocenters. The third-order valence-electron chi connectivity index (χ3n) is 5.01. The minimum Gasteiger partial charge on any atom is -0.340 e. The molecule has 5 nitrogen and oxygen atoms in total. The van der Waals surface area contributed by atoms with Crippen molar-refractivity contribution in [2.24, 2.45) is 11.8 Å². The van der Waals surface area contributed by atoms with Crippen LogP contribution in [-0.2, 0) is 17.8 Å². The summed E-state index contributed by atoms with van der Waals surface area (Å²) < 4.78 is 2.10. The number of carbonyl (C=O) groups is 1. The van der Waals surface area contributed by atoms with Crippen LogP contribution in [0.3, 0.4) is 0 Å². The number of nitrogens with zero attached hydrogens (tertiary/aromatic N) is 4. The van der Waals surface area contributed by atoms with E-state index in [4.69, 9.17) is 0 Å². The number of aromatic nitrogens is 2. The van der Waals surface area contributed by atoms with Gasteiger partial charge in [-0.05, 0) is 37.7 Å². The molecule has 1 aromatic rings. The molecular formula is C20H36N4O. The minimum atomic E-state index is 0.291. The van der Waals surface area contributed by atoms with E-state index >= 15 is 0 Å². The van der Waals surface area contributed by atoms with Crippen molar-refractivity contribution in [3.8, 4) is 0 Å². The molecule has 0 unspecified atom stereocenters. The van der Waals surface area contributed by atoms with Gasteiger partial charge in [-0.25, -0.2) is 0 Å². The third-order valence-corrected chi connectivity index (χ3v) is 5.01. The average molecular weight is 349 g/mol. The van der Waals surface area contributed by atoms with Gasteiger partial charge in [-0.2, -0.15) is 5.10 Å². The van der Waals surface area contributed by atoms with Crippen molar-refractivity contribution in [3.63, 3.8) is 0 Å². The number of carbonyl (C=O) groups excluding carboxylic acids is 1. The molecule has 1 aliphatic rings. The largest absolute Gasteiger partial charge is 0.340 e. The smallest absolute Gasteiger partial charge is 0.222 e. The Morgan fingerprint density at radius 1 is 1.00 bits per heavy atom. The Balaban J connectivity index is 1.86. The molecule has 0 aliphatic carbocycles. The van der Waals surface area contributed by atoms with Gasteiger partial charge >= 0.3 is 0 Å². The van der Waals surface area contributed by atoms with Crippen LogP contribution < -0.4 is 0 Å². The first kappa shape index (κ1) is 20.0. The Kier molecular flexibility index (Phi) is 7.05. The number of rotatable bonds is 7. The fourth-order valence-corrected chi connectivity index (χ4v) is 3.71. The molecule has 2 heterocycles. The zero-order valence-corrected chi connectivity index (χ0v) is 17.0. The zero-order valence-electron chi connectivity index (χ0n) is 17.0. The van der Waals surface area contributed by atoms with Crippen LogP contribution in [0.1, 0.15) is 51.1 Å². The zero-order chi connectivity index (χ0) is 18.6. The first-order valence-corrected chi connectivity index (χ1v) is 9.81. The number of aryl methyl sites for hydroxylation is 1. The first-order chi connectivity index (χ1) is 11.8. The lowest BCUT2D eigenvalue weighted by atomic mass is 10.1. The van der Waals surface area contributed by atoms with Gasteiger partial charge in [0.1, 0.15) is 0 Å². The quantitative estimate of drug-likeness (QED) is 0.761. The van der Waals surface area contributed by atoms with Crippen LogP contribution in [0.25, 0.3) is 0 Å². The summed E-state index contributed by atoms with van der Waals surface area (Å²) in [7, 11) is 0. The molecule has 1 amide bonds. The normalized spacial score (nSPS) is 16.2. The monoisotopic (exact) mass is 348 g/mol. The molecule has 2 rings (SSSR count). The molecule has 25 heavy (non-hydrogen) atoms. The van der Waals surface area contributed by atoms with Crippen molar-refractivity contribution in [3.05, 3.63) is 17.0 Å². The Labute approximate surface area is 153 Å². The van der Waals surface area contributed by atoms with E-state index in [-0.39, 0.29) is 0 Å². The number of piperazine rings is 1. The van der Waals surface area contributed by atoms with Gasteiger partial charge in [0.25, 0.3) is 0 Å². The van der Waals surface area contributed by atoms with E-state index in [2.05, 4.69) is 56.2 Å². The van der Waals surface area contributed by atoms with Crippen LogP contribution in [0.2, 0.25) is 0 Å². The highest BCUT2D eigenvalue weighted by Crippen LogP contribution is 2.17. The highest BCUT2D eigenvalue weighted by molar-refractivity contribution is 5.76. The lowest BCUT2D eigenvalue weighted by Crippen LogP contribution is -2.49. The second-order valence-corrected chi connectivity index (χ2v) is 8.30. The molecule has 1 fully saturated rings. The third kappa shape index (κ3) is 5.56. The van der Waals surface area contributed by atoms with E-state index in [0.717, 1.165) is 51.4 Å².